The van der Waals surface area contributed by atoms with Crippen LogP contribution in [0, 0.1) is 5.95 Å². The molecule has 0 aliphatic carbocycles. The van der Waals surface area contributed by atoms with E-state index in [0.717, 1.165) is 38.1 Å². The molecule has 1 fully saturated rings. The molecule has 33 heavy (non-hydrogen) atoms. The molecule has 0 atom stereocenters. The first-order valence-corrected chi connectivity index (χ1v) is 10.7. The zero-order valence-electron chi connectivity index (χ0n) is 17.8. The Morgan fingerprint density at radius 3 is 2.33 bits per heavy atom. The number of carbonyl (C=O) groups excluding carboxylic acids is 1. The van der Waals surface area contributed by atoms with Crippen molar-refractivity contribution < 1.29 is 22.4 Å². The summed E-state index contributed by atoms with van der Waals surface area (Å²) in [5, 5.41) is 3.05. The van der Waals surface area contributed by atoms with Crippen molar-refractivity contribution in [2.24, 2.45) is 0 Å². The van der Waals surface area contributed by atoms with Crippen molar-refractivity contribution in [3.63, 3.8) is 0 Å². The summed E-state index contributed by atoms with van der Waals surface area (Å²) in [5.41, 5.74) is 1.49. The van der Waals surface area contributed by atoms with E-state index < -0.39 is 17.7 Å². The maximum Gasteiger partial charge on any atom is 0.416 e. The Hall–Kier alpha value is -3.26. The van der Waals surface area contributed by atoms with Gasteiger partial charge in [0.05, 0.1) is 11.3 Å². The van der Waals surface area contributed by atoms with Gasteiger partial charge in [0.2, 0.25) is 5.95 Å². The molecule has 1 aliphatic heterocycles. The first-order chi connectivity index (χ1) is 15.8. The molecule has 1 amide bonds. The summed E-state index contributed by atoms with van der Waals surface area (Å²) in [6.07, 6.45) is -2.93. The third-order valence-corrected chi connectivity index (χ3v) is 5.78. The number of halogens is 4. The van der Waals surface area contributed by atoms with Crippen molar-refractivity contribution in [3.8, 4) is 11.1 Å². The number of hydrogen-bond acceptors (Lipinski definition) is 3. The number of rotatable bonds is 5. The number of hydrogen-bond donors (Lipinski definition) is 1. The highest BCUT2D eigenvalue weighted by atomic mass is 19.4. The zero-order chi connectivity index (χ0) is 23.4. The van der Waals surface area contributed by atoms with Crippen LogP contribution >= 0.6 is 0 Å². The molecule has 172 valence electrons. The van der Waals surface area contributed by atoms with E-state index in [4.69, 9.17) is 0 Å². The monoisotopic (exact) mass is 457 g/mol. The summed E-state index contributed by atoms with van der Waals surface area (Å²) < 4.78 is 51.9. The van der Waals surface area contributed by atoms with Crippen LogP contribution in [0.4, 0.5) is 17.6 Å². The van der Waals surface area contributed by atoms with Crippen molar-refractivity contribution in [2.75, 3.05) is 13.1 Å². The van der Waals surface area contributed by atoms with Gasteiger partial charge >= 0.3 is 6.18 Å². The number of carbonyl (C=O) groups is 1. The lowest BCUT2D eigenvalue weighted by Crippen LogP contribution is -2.44. The fourth-order valence-electron chi connectivity index (χ4n) is 4.04. The molecule has 2 heterocycles. The van der Waals surface area contributed by atoms with Crippen LogP contribution in [0.5, 0.6) is 0 Å². The highest BCUT2D eigenvalue weighted by Gasteiger charge is 2.30. The first kappa shape index (κ1) is 22.9. The third-order valence-electron chi connectivity index (χ3n) is 5.78. The topological polar surface area (TPSA) is 45.2 Å². The summed E-state index contributed by atoms with van der Waals surface area (Å²) in [5.74, 6) is -0.753. The van der Waals surface area contributed by atoms with Gasteiger partial charge in [-0.15, -0.1) is 0 Å². The number of pyridine rings is 1. The smallest absolute Gasteiger partial charge is 0.349 e. The summed E-state index contributed by atoms with van der Waals surface area (Å²) in [4.78, 5) is 19.0. The van der Waals surface area contributed by atoms with Crippen molar-refractivity contribution in [2.45, 2.75) is 31.6 Å². The average Bonchev–Trinajstić information content (AvgIpc) is 2.80. The second-order valence-electron chi connectivity index (χ2n) is 8.10. The standard InChI is InChI=1S/C25H23F4N3O/c26-23-7-3-4-20(30-23)16-32-14-12-19(13-15-32)31-24(33)22-6-2-1-5-21(22)17-8-10-18(11-9-17)25(27,28)29/h1-11,19H,12-16H2,(H,31,33). The molecule has 0 saturated carbocycles. The Morgan fingerprint density at radius 2 is 1.67 bits per heavy atom. The van der Waals surface area contributed by atoms with Crippen LogP contribution < -0.4 is 5.32 Å². The summed E-state index contributed by atoms with van der Waals surface area (Å²) in [6.45, 7) is 2.03. The van der Waals surface area contributed by atoms with E-state index in [9.17, 15) is 22.4 Å². The van der Waals surface area contributed by atoms with Crippen molar-refractivity contribution in [3.05, 3.63) is 89.5 Å². The van der Waals surface area contributed by atoms with E-state index in [0.29, 0.717) is 28.9 Å². The van der Waals surface area contributed by atoms with Gasteiger partial charge in [0.15, 0.2) is 0 Å². The van der Waals surface area contributed by atoms with Crippen molar-refractivity contribution in [1.29, 1.82) is 0 Å². The number of alkyl halides is 3. The molecular formula is C25H23F4N3O. The molecule has 1 aromatic heterocycles. The SMILES string of the molecule is O=C(NC1CCN(Cc2cccc(F)n2)CC1)c1ccccc1-c1ccc(C(F)(F)F)cc1. The van der Waals surface area contributed by atoms with Crippen molar-refractivity contribution >= 4 is 5.91 Å². The van der Waals surface area contributed by atoms with Crippen LogP contribution in [-0.4, -0.2) is 34.9 Å². The predicted octanol–water partition coefficient (Wildman–Crippen LogP) is 5.30. The summed E-state index contributed by atoms with van der Waals surface area (Å²) in [7, 11) is 0. The van der Waals surface area contributed by atoms with Gasteiger partial charge in [0.25, 0.3) is 5.91 Å². The Morgan fingerprint density at radius 1 is 0.970 bits per heavy atom. The average molecular weight is 457 g/mol. The molecule has 0 bridgehead atoms. The zero-order valence-corrected chi connectivity index (χ0v) is 17.8. The number of nitrogens with zero attached hydrogens (tertiary/aromatic N) is 2. The fourth-order valence-corrected chi connectivity index (χ4v) is 4.04. The van der Waals surface area contributed by atoms with Crippen LogP contribution in [0.2, 0.25) is 0 Å². The Kier molecular flexibility index (Phi) is 6.74. The highest BCUT2D eigenvalue weighted by Crippen LogP contribution is 2.32. The van der Waals surface area contributed by atoms with Crippen LogP contribution in [0.3, 0.4) is 0 Å². The van der Waals surface area contributed by atoms with Gasteiger partial charge < -0.3 is 5.32 Å². The molecule has 4 rings (SSSR count). The molecule has 0 radical (unpaired) electrons. The number of aromatic nitrogens is 1. The van der Waals surface area contributed by atoms with E-state index in [1.54, 1.807) is 36.4 Å². The largest absolute Gasteiger partial charge is 0.416 e. The molecule has 2 aromatic carbocycles. The molecule has 8 heteroatoms. The van der Waals surface area contributed by atoms with E-state index in [2.05, 4.69) is 15.2 Å². The molecule has 4 nitrogen and oxygen atoms in total. The first-order valence-electron chi connectivity index (χ1n) is 10.7. The molecular weight excluding hydrogens is 434 g/mol. The molecule has 1 saturated heterocycles. The van der Waals surface area contributed by atoms with E-state index >= 15 is 0 Å². The number of piperidine rings is 1. The summed E-state index contributed by atoms with van der Waals surface area (Å²) >= 11 is 0. The van der Waals surface area contributed by atoms with Gasteiger partial charge in [-0.3, -0.25) is 9.69 Å². The maximum atomic E-state index is 13.3. The number of amides is 1. The quantitative estimate of drug-likeness (QED) is 0.418. The lowest BCUT2D eigenvalue weighted by molar-refractivity contribution is -0.137. The minimum atomic E-state index is -4.41. The van der Waals surface area contributed by atoms with Crippen LogP contribution in [-0.2, 0) is 12.7 Å². The minimum absolute atomic E-state index is 0.0186. The van der Waals surface area contributed by atoms with Crippen LogP contribution in [0.25, 0.3) is 11.1 Å². The second-order valence-corrected chi connectivity index (χ2v) is 8.10. The minimum Gasteiger partial charge on any atom is -0.349 e. The second kappa shape index (κ2) is 9.70. The fraction of sp³-hybridized carbons (Fsp3) is 0.280. The maximum absolute atomic E-state index is 13.3. The van der Waals surface area contributed by atoms with E-state index in [-0.39, 0.29) is 11.9 Å². The number of nitrogens with one attached hydrogen (secondary N) is 1. The van der Waals surface area contributed by atoms with Crippen LogP contribution in [0.1, 0.15) is 34.5 Å². The third kappa shape index (κ3) is 5.76. The lowest BCUT2D eigenvalue weighted by Gasteiger charge is -2.32. The predicted molar refractivity (Wildman–Crippen MR) is 117 cm³/mol. The molecule has 0 unspecified atom stereocenters. The van der Waals surface area contributed by atoms with Gasteiger partial charge in [-0.2, -0.15) is 17.6 Å². The van der Waals surface area contributed by atoms with Crippen LogP contribution in [0.15, 0.2) is 66.7 Å². The summed E-state index contributed by atoms with van der Waals surface area (Å²) in [6, 6.07) is 16.4. The Labute approximate surface area is 189 Å². The van der Waals surface area contributed by atoms with E-state index in [1.807, 2.05) is 0 Å². The molecule has 1 N–H and O–H groups in total. The van der Waals surface area contributed by atoms with Gasteiger partial charge in [0, 0.05) is 31.2 Å². The van der Waals surface area contributed by atoms with Gasteiger partial charge in [-0.25, -0.2) is 4.98 Å². The number of benzene rings is 2. The van der Waals surface area contributed by atoms with Crippen molar-refractivity contribution in [1.82, 2.24) is 15.2 Å². The van der Waals surface area contributed by atoms with Gasteiger partial charge in [-0.1, -0.05) is 36.4 Å². The van der Waals surface area contributed by atoms with Gasteiger partial charge in [-0.05, 0) is 54.3 Å². The number of likely N-dealkylation sites (tertiary alicyclic amines) is 1. The Bertz CT molecular complexity index is 1110. The molecule has 0 spiro atoms. The van der Waals surface area contributed by atoms with E-state index in [1.165, 1.54) is 18.2 Å². The highest BCUT2D eigenvalue weighted by molar-refractivity contribution is 6.01. The Balaban J connectivity index is 1.39. The molecule has 3 aromatic rings. The molecule has 1 aliphatic rings. The van der Waals surface area contributed by atoms with Gasteiger partial charge in [0.1, 0.15) is 0 Å². The normalized spacial score (nSPS) is 15.4. The lowest BCUT2D eigenvalue weighted by atomic mass is 9.97.